The highest BCUT2D eigenvalue weighted by molar-refractivity contribution is 5.94. The van der Waals surface area contributed by atoms with E-state index in [4.69, 9.17) is 0 Å². The van der Waals surface area contributed by atoms with Gasteiger partial charge in [-0.05, 0) is 61.7 Å². The number of rotatable bonds is 12. The minimum Gasteiger partial charge on any atom is -0.393 e. The zero-order chi connectivity index (χ0) is 19.8. The molecule has 1 aliphatic carbocycles. The second-order valence-electron chi connectivity index (χ2n) is 9.76. The fourth-order valence-electron chi connectivity index (χ4n) is 5.38. The molecule has 0 bridgehead atoms. The Balaban J connectivity index is 1.63. The molecule has 4 unspecified atom stereocenters. The van der Waals surface area contributed by atoms with Gasteiger partial charge >= 0.3 is 11.9 Å². The molecule has 2 rings (SSSR count). The van der Waals surface area contributed by atoms with Crippen molar-refractivity contribution in [2.45, 2.75) is 105 Å². The number of cyclic esters (lactones) is 2. The fourth-order valence-corrected chi connectivity index (χ4v) is 5.38. The molecule has 6 atom stereocenters. The second kappa shape index (κ2) is 11.2. The Morgan fingerprint density at radius 1 is 0.963 bits per heavy atom. The fraction of sp³-hybridized carbons (Fsp3) is 0.917. The minimum absolute atomic E-state index is 0.172. The largest absolute Gasteiger partial charge is 0.393 e. The Bertz CT molecular complexity index is 472. The van der Waals surface area contributed by atoms with Crippen molar-refractivity contribution in [1.29, 1.82) is 0 Å². The highest BCUT2D eigenvalue weighted by atomic mass is 16.6. The summed E-state index contributed by atoms with van der Waals surface area (Å²) in [5.74, 6) is 3.51. The zero-order valence-corrected chi connectivity index (χ0v) is 18.2. The van der Waals surface area contributed by atoms with Gasteiger partial charge in [0, 0.05) is 0 Å². The van der Waals surface area contributed by atoms with Gasteiger partial charge in [0.05, 0.1) is 12.3 Å². The van der Waals surface area contributed by atoms with Gasteiger partial charge < -0.3 is 4.74 Å². The van der Waals surface area contributed by atoms with E-state index in [9.17, 15) is 9.59 Å². The van der Waals surface area contributed by atoms with E-state index < -0.39 is 0 Å². The predicted octanol–water partition coefficient (Wildman–Crippen LogP) is 6.54. The van der Waals surface area contributed by atoms with Crippen molar-refractivity contribution in [3.8, 4) is 0 Å². The lowest BCUT2D eigenvalue weighted by molar-refractivity contribution is -0.153. The van der Waals surface area contributed by atoms with Gasteiger partial charge in [-0.1, -0.05) is 66.2 Å². The molecule has 1 saturated carbocycles. The highest BCUT2D eigenvalue weighted by Crippen LogP contribution is 2.39. The van der Waals surface area contributed by atoms with E-state index in [2.05, 4.69) is 32.4 Å². The number of esters is 2. The first-order valence-corrected chi connectivity index (χ1v) is 11.7. The summed E-state index contributed by atoms with van der Waals surface area (Å²) in [5.41, 5.74) is 0. The van der Waals surface area contributed by atoms with Crippen molar-refractivity contribution in [3.63, 3.8) is 0 Å². The molecule has 0 aromatic heterocycles. The van der Waals surface area contributed by atoms with E-state index in [1.165, 1.54) is 57.8 Å². The van der Waals surface area contributed by atoms with Gasteiger partial charge in [-0.15, -0.1) is 0 Å². The Morgan fingerprint density at radius 3 is 2.30 bits per heavy atom. The van der Waals surface area contributed by atoms with Crippen LogP contribution in [0.4, 0.5) is 0 Å². The van der Waals surface area contributed by atoms with Gasteiger partial charge in [0.25, 0.3) is 0 Å². The molecule has 3 heteroatoms. The number of carbonyl (C=O) groups excluding carboxylic acids is 2. The maximum atomic E-state index is 11.6. The van der Waals surface area contributed by atoms with Crippen LogP contribution in [0.25, 0.3) is 0 Å². The zero-order valence-electron chi connectivity index (χ0n) is 18.2. The molecule has 0 amide bonds. The molecule has 0 aromatic carbocycles. The molecule has 1 saturated heterocycles. The monoisotopic (exact) mass is 378 g/mol. The molecule has 156 valence electrons. The molecule has 1 aliphatic heterocycles. The lowest BCUT2D eigenvalue weighted by Crippen LogP contribution is -2.11. The lowest BCUT2D eigenvalue weighted by Gasteiger charge is -2.20. The van der Waals surface area contributed by atoms with Crippen LogP contribution < -0.4 is 0 Å². The van der Waals surface area contributed by atoms with Gasteiger partial charge in [0.1, 0.15) is 0 Å². The first-order valence-electron chi connectivity index (χ1n) is 11.7. The minimum atomic E-state index is -0.336. The molecule has 0 N–H and O–H groups in total. The Hall–Kier alpha value is -0.860. The van der Waals surface area contributed by atoms with E-state index in [0.717, 1.165) is 36.5 Å². The summed E-state index contributed by atoms with van der Waals surface area (Å²) in [5, 5.41) is 0. The molecule has 0 spiro atoms. The topological polar surface area (TPSA) is 43.4 Å². The summed E-state index contributed by atoms with van der Waals surface area (Å²) in [6.07, 6.45) is 14.4. The Morgan fingerprint density at radius 2 is 1.67 bits per heavy atom. The maximum absolute atomic E-state index is 11.6. The van der Waals surface area contributed by atoms with Crippen LogP contribution >= 0.6 is 0 Å². The first-order chi connectivity index (χ1) is 12.9. The molecule has 27 heavy (non-hydrogen) atoms. The van der Waals surface area contributed by atoms with Crippen molar-refractivity contribution in [2.24, 2.45) is 35.5 Å². The van der Waals surface area contributed by atoms with Gasteiger partial charge in [-0.25, -0.2) is 0 Å². The van der Waals surface area contributed by atoms with Crippen LogP contribution in [-0.2, 0) is 14.3 Å². The molecular weight excluding hydrogens is 336 g/mol. The summed E-state index contributed by atoms with van der Waals surface area (Å²) >= 11 is 0. The number of carbonyl (C=O) groups is 2. The van der Waals surface area contributed by atoms with Gasteiger partial charge in [0.15, 0.2) is 0 Å². The maximum Gasteiger partial charge on any atom is 0.317 e. The Labute approximate surface area is 167 Å². The lowest BCUT2D eigenvalue weighted by atomic mass is 9.85. The third-order valence-electron chi connectivity index (χ3n) is 7.33. The summed E-state index contributed by atoms with van der Waals surface area (Å²) in [6, 6.07) is 0. The van der Waals surface area contributed by atoms with E-state index in [1.807, 2.05) is 0 Å². The first kappa shape index (κ1) is 22.4. The van der Waals surface area contributed by atoms with Crippen molar-refractivity contribution >= 4 is 11.9 Å². The predicted molar refractivity (Wildman–Crippen MR) is 110 cm³/mol. The average Bonchev–Trinajstić information content (AvgIpc) is 3.20. The number of ether oxygens (including phenoxy) is 1. The molecule has 2 aliphatic rings. The smallest absolute Gasteiger partial charge is 0.317 e. The molecule has 0 radical (unpaired) electrons. The number of hydrogen-bond acceptors (Lipinski definition) is 3. The summed E-state index contributed by atoms with van der Waals surface area (Å²) in [6.45, 7) is 9.41. The van der Waals surface area contributed by atoms with Crippen molar-refractivity contribution in [2.75, 3.05) is 0 Å². The number of hydrogen-bond donors (Lipinski definition) is 0. The standard InChI is InChI=1S/C24H42O3/c1-5-17(3)13-18(4)14-21-10-9-20(15-21)8-7-19(6-2)11-12-22-16-23(25)27-24(22)26/h17-22H,5-16H2,1-4H3/t17-,18+,19?,20?,21?,22?/m0/s1. The van der Waals surface area contributed by atoms with E-state index in [1.54, 1.807) is 0 Å². The Kier molecular flexibility index (Phi) is 9.32. The summed E-state index contributed by atoms with van der Waals surface area (Å²) in [4.78, 5) is 22.8. The molecule has 1 heterocycles. The SMILES string of the molecule is CCC(CCC1CCC(C[C@H](C)C[C@@H](C)CC)C1)CCC1CC(=O)OC1=O. The van der Waals surface area contributed by atoms with Crippen LogP contribution in [0.2, 0.25) is 0 Å². The second-order valence-corrected chi connectivity index (χ2v) is 9.76. The van der Waals surface area contributed by atoms with E-state index in [-0.39, 0.29) is 17.9 Å². The highest BCUT2D eigenvalue weighted by Gasteiger charge is 2.33. The van der Waals surface area contributed by atoms with Gasteiger partial charge in [-0.2, -0.15) is 0 Å². The van der Waals surface area contributed by atoms with Crippen LogP contribution in [0.15, 0.2) is 0 Å². The molecule has 3 nitrogen and oxygen atoms in total. The third kappa shape index (κ3) is 7.58. The van der Waals surface area contributed by atoms with Crippen LogP contribution in [0.3, 0.4) is 0 Å². The third-order valence-corrected chi connectivity index (χ3v) is 7.33. The van der Waals surface area contributed by atoms with Crippen molar-refractivity contribution < 1.29 is 14.3 Å². The molecule has 2 fully saturated rings. The van der Waals surface area contributed by atoms with Gasteiger partial charge in [-0.3, -0.25) is 9.59 Å². The van der Waals surface area contributed by atoms with Crippen LogP contribution in [0, 0.1) is 35.5 Å². The summed E-state index contributed by atoms with van der Waals surface area (Å²) in [7, 11) is 0. The molecule has 0 aromatic rings. The van der Waals surface area contributed by atoms with Crippen LogP contribution in [-0.4, -0.2) is 11.9 Å². The van der Waals surface area contributed by atoms with Crippen LogP contribution in [0.5, 0.6) is 0 Å². The van der Waals surface area contributed by atoms with Gasteiger partial charge in [0.2, 0.25) is 0 Å². The normalized spacial score (nSPS) is 29.0. The van der Waals surface area contributed by atoms with Crippen molar-refractivity contribution in [1.82, 2.24) is 0 Å². The van der Waals surface area contributed by atoms with E-state index in [0.29, 0.717) is 12.3 Å². The van der Waals surface area contributed by atoms with Crippen LogP contribution in [0.1, 0.15) is 105 Å². The quantitative estimate of drug-likeness (QED) is 0.286. The summed E-state index contributed by atoms with van der Waals surface area (Å²) < 4.78 is 4.68. The average molecular weight is 379 g/mol. The van der Waals surface area contributed by atoms with Crippen molar-refractivity contribution in [3.05, 3.63) is 0 Å². The molecular formula is C24H42O3. The van der Waals surface area contributed by atoms with E-state index >= 15 is 0 Å².